The zero-order valence-corrected chi connectivity index (χ0v) is 10.4. The van der Waals surface area contributed by atoms with Gasteiger partial charge in [-0.2, -0.15) is 4.98 Å². The van der Waals surface area contributed by atoms with E-state index < -0.39 is 0 Å². The van der Waals surface area contributed by atoms with E-state index in [9.17, 15) is 0 Å². The lowest BCUT2D eigenvalue weighted by atomic mass is 10.0. The highest BCUT2D eigenvalue weighted by Gasteiger charge is 2.35. The summed E-state index contributed by atoms with van der Waals surface area (Å²) >= 11 is 0. The van der Waals surface area contributed by atoms with Crippen molar-refractivity contribution in [2.45, 2.75) is 31.7 Å². The number of rotatable bonds is 3. The van der Waals surface area contributed by atoms with Crippen LogP contribution in [-0.2, 0) is 12.0 Å². The summed E-state index contributed by atoms with van der Waals surface area (Å²) in [6.45, 7) is 3.12. The molecule has 1 fully saturated rings. The van der Waals surface area contributed by atoms with Crippen LogP contribution < -0.4 is 5.32 Å². The molecule has 3 rings (SSSR count). The van der Waals surface area contributed by atoms with Crippen molar-refractivity contribution in [2.75, 3.05) is 6.54 Å². The quantitative estimate of drug-likeness (QED) is 0.889. The van der Waals surface area contributed by atoms with E-state index >= 15 is 0 Å². The lowest BCUT2D eigenvalue weighted by molar-refractivity contribution is 0.274. The fraction of sp³-hybridized carbons (Fsp3) is 0.462. The van der Waals surface area contributed by atoms with E-state index in [0.29, 0.717) is 18.1 Å². The van der Waals surface area contributed by atoms with Crippen molar-refractivity contribution in [3.63, 3.8) is 0 Å². The van der Waals surface area contributed by atoms with Crippen molar-refractivity contribution in [3.05, 3.63) is 41.8 Å². The maximum Gasteiger partial charge on any atom is 0.246 e. The minimum atomic E-state index is -0.157. The molecule has 0 aliphatic carbocycles. The van der Waals surface area contributed by atoms with Gasteiger partial charge in [0.2, 0.25) is 5.89 Å². The molecular weight excluding hydrogens is 228 g/mol. The Labute approximate surface area is 106 Å². The van der Waals surface area contributed by atoms with Crippen LogP contribution in [0.3, 0.4) is 0 Å². The van der Waals surface area contributed by atoms with Gasteiger partial charge in [-0.15, -0.1) is 0 Å². The van der Waals surface area contributed by atoms with Crippen molar-refractivity contribution in [2.24, 2.45) is 0 Å². The zero-order valence-electron chi connectivity index (χ0n) is 10.4. The molecule has 5 heteroatoms. The molecule has 0 saturated carbocycles. The monoisotopic (exact) mass is 244 g/mol. The maximum absolute atomic E-state index is 5.37. The van der Waals surface area contributed by atoms with Gasteiger partial charge in [-0.1, -0.05) is 11.2 Å². The van der Waals surface area contributed by atoms with Crippen LogP contribution in [0.15, 0.2) is 28.9 Å². The number of pyridine rings is 1. The lowest BCUT2D eigenvalue weighted by Gasteiger charge is -2.18. The molecule has 18 heavy (non-hydrogen) atoms. The third-order valence-corrected chi connectivity index (χ3v) is 3.37. The summed E-state index contributed by atoms with van der Waals surface area (Å²) in [6.07, 6.45) is 4.57. The second-order valence-corrected chi connectivity index (χ2v) is 4.88. The first kappa shape index (κ1) is 11.3. The van der Waals surface area contributed by atoms with Gasteiger partial charge < -0.3 is 9.84 Å². The van der Waals surface area contributed by atoms with E-state index in [2.05, 4.69) is 27.4 Å². The molecule has 94 valence electrons. The Bertz CT molecular complexity index is 517. The van der Waals surface area contributed by atoms with Crippen LogP contribution in [0.4, 0.5) is 0 Å². The van der Waals surface area contributed by atoms with Crippen molar-refractivity contribution < 1.29 is 4.52 Å². The molecule has 0 amide bonds. The normalized spacial score (nSPS) is 23.4. The van der Waals surface area contributed by atoms with Gasteiger partial charge in [0, 0.05) is 11.9 Å². The van der Waals surface area contributed by atoms with Gasteiger partial charge >= 0.3 is 0 Å². The predicted molar refractivity (Wildman–Crippen MR) is 65.9 cm³/mol. The van der Waals surface area contributed by atoms with Crippen LogP contribution in [0.2, 0.25) is 0 Å². The summed E-state index contributed by atoms with van der Waals surface area (Å²) in [5.74, 6) is 1.38. The third kappa shape index (κ3) is 2.13. The predicted octanol–water partition coefficient (Wildman–Crippen LogP) is 1.65. The van der Waals surface area contributed by atoms with Crippen molar-refractivity contribution in [1.82, 2.24) is 20.4 Å². The number of aromatic nitrogens is 3. The SMILES string of the molecule is CC1(c2nc(Cc3ccccn3)no2)CCCN1. The van der Waals surface area contributed by atoms with Gasteiger partial charge in [-0.3, -0.25) is 4.98 Å². The van der Waals surface area contributed by atoms with Crippen LogP contribution in [-0.4, -0.2) is 21.7 Å². The molecule has 0 aromatic carbocycles. The van der Waals surface area contributed by atoms with E-state index in [-0.39, 0.29) is 5.54 Å². The molecule has 2 aromatic heterocycles. The van der Waals surface area contributed by atoms with Gasteiger partial charge in [-0.25, -0.2) is 0 Å². The van der Waals surface area contributed by atoms with Gasteiger partial charge in [-0.05, 0) is 38.4 Å². The molecule has 1 aliphatic rings. The van der Waals surface area contributed by atoms with E-state index in [1.807, 2.05) is 18.2 Å². The van der Waals surface area contributed by atoms with Crippen LogP contribution in [0, 0.1) is 0 Å². The smallest absolute Gasteiger partial charge is 0.246 e. The first-order valence-electron chi connectivity index (χ1n) is 6.24. The Balaban J connectivity index is 1.78. The van der Waals surface area contributed by atoms with Gasteiger partial charge in [0.25, 0.3) is 0 Å². The molecular formula is C13H16N4O. The average Bonchev–Trinajstić information content (AvgIpc) is 3.01. The molecule has 2 aromatic rings. The Morgan fingerprint density at radius 2 is 2.39 bits per heavy atom. The summed E-state index contributed by atoms with van der Waals surface area (Å²) in [5.41, 5.74) is 0.796. The second-order valence-electron chi connectivity index (χ2n) is 4.88. The van der Waals surface area contributed by atoms with Crippen LogP contribution in [0.25, 0.3) is 0 Å². The third-order valence-electron chi connectivity index (χ3n) is 3.37. The lowest BCUT2D eigenvalue weighted by Crippen LogP contribution is -2.33. The summed E-state index contributed by atoms with van der Waals surface area (Å²) in [5, 5.41) is 7.45. The van der Waals surface area contributed by atoms with E-state index in [1.165, 1.54) is 0 Å². The molecule has 0 spiro atoms. The highest BCUT2D eigenvalue weighted by atomic mass is 16.5. The van der Waals surface area contributed by atoms with Gasteiger partial charge in [0.1, 0.15) is 0 Å². The molecule has 3 heterocycles. The molecule has 1 aliphatic heterocycles. The standard InChI is InChI=1S/C13H16N4O/c1-13(6-4-8-15-13)12-16-11(17-18-12)9-10-5-2-3-7-14-10/h2-3,5,7,15H,4,6,8-9H2,1H3. The van der Waals surface area contributed by atoms with E-state index in [1.54, 1.807) is 6.20 Å². The highest BCUT2D eigenvalue weighted by Crippen LogP contribution is 2.28. The Morgan fingerprint density at radius 3 is 3.11 bits per heavy atom. The fourth-order valence-electron chi connectivity index (χ4n) is 2.29. The molecule has 1 N–H and O–H groups in total. The number of hydrogen-bond donors (Lipinski definition) is 1. The number of nitrogens with zero attached hydrogens (tertiary/aromatic N) is 3. The first-order chi connectivity index (χ1) is 8.76. The van der Waals surface area contributed by atoms with Crippen molar-refractivity contribution in [3.8, 4) is 0 Å². The fourth-order valence-corrected chi connectivity index (χ4v) is 2.29. The van der Waals surface area contributed by atoms with E-state index in [0.717, 1.165) is 25.1 Å². The Morgan fingerprint density at radius 1 is 1.44 bits per heavy atom. The topological polar surface area (TPSA) is 63.8 Å². The van der Waals surface area contributed by atoms with Crippen LogP contribution >= 0.6 is 0 Å². The first-order valence-corrected chi connectivity index (χ1v) is 6.24. The molecule has 5 nitrogen and oxygen atoms in total. The summed E-state index contributed by atoms with van der Waals surface area (Å²) < 4.78 is 5.37. The highest BCUT2D eigenvalue weighted by molar-refractivity contribution is 5.11. The van der Waals surface area contributed by atoms with Crippen LogP contribution in [0.1, 0.15) is 37.2 Å². The minimum Gasteiger partial charge on any atom is -0.337 e. The summed E-state index contributed by atoms with van der Waals surface area (Å²) in [6, 6.07) is 5.82. The second kappa shape index (κ2) is 4.49. The molecule has 1 saturated heterocycles. The Hall–Kier alpha value is -1.75. The van der Waals surface area contributed by atoms with E-state index in [4.69, 9.17) is 4.52 Å². The minimum absolute atomic E-state index is 0.157. The molecule has 0 radical (unpaired) electrons. The van der Waals surface area contributed by atoms with Crippen LogP contribution in [0.5, 0.6) is 0 Å². The van der Waals surface area contributed by atoms with Crippen molar-refractivity contribution >= 4 is 0 Å². The van der Waals surface area contributed by atoms with Gasteiger partial charge in [0.05, 0.1) is 12.0 Å². The van der Waals surface area contributed by atoms with Gasteiger partial charge in [0.15, 0.2) is 5.82 Å². The summed E-state index contributed by atoms with van der Waals surface area (Å²) in [4.78, 5) is 8.74. The zero-order chi connectivity index (χ0) is 12.4. The largest absolute Gasteiger partial charge is 0.337 e. The molecule has 0 bridgehead atoms. The maximum atomic E-state index is 5.37. The Kier molecular flexibility index (Phi) is 2.83. The molecule has 1 unspecified atom stereocenters. The average molecular weight is 244 g/mol. The number of hydrogen-bond acceptors (Lipinski definition) is 5. The summed E-state index contributed by atoms with van der Waals surface area (Å²) in [7, 11) is 0. The molecule has 1 atom stereocenters. The van der Waals surface area contributed by atoms with Crippen molar-refractivity contribution in [1.29, 1.82) is 0 Å². The number of nitrogens with one attached hydrogen (secondary N) is 1.